The smallest absolute Gasteiger partial charge is 0.240 e. The molecule has 0 unspecified atom stereocenters. The van der Waals surface area contributed by atoms with Crippen molar-refractivity contribution in [1.29, 1.82) is 0 Å². The average Bonchev–Trinajstić information content (AvgIpc) is 3.14. The molecule has 2 heterocycles. The minimum absolute atomic E-state index is 0.0396. The second kappa shape index (κ2) is 7.00. The van der Waals surface area contributed by atoms with E-state index in [-0.39, 0.29) is 16.3 Å². The molecule has 3 aromatic rings. The summed E-state index contributed by atoms with van der Waals surface area (Å²) < 4.78 is 54.5. The number of nitrogens with two attached hydrogens (primary N) is 1. The van der Waals surface area contributed by atoms with Gasteiger partial charge in [-0.25, -0.2) is 26.7 Å². The molecule has 0 saturated carbocycles. The summed E-state index contributed by atoms with van der Waals surface area (Å²) in [7, 11) is -7.68. The van der Waals surface area contributed by atoms with E-state index >= 15 is 0 Å². The summed E-state index contributed by atoms with van der Waals surface area (Å²) >= 11 is 0. The minimum Gasteiger partial charge on any atom is -0.472 e. The van der Waals surface area contributed by atoms with Crippen LogP contribution in [0, 0.1) is 0 Å². The Morgan fingerprint density at radius 1 is 0.962 bits per heavy atom. The van der Waals surface area contributed by atoms with Crippen LogP contribution in [0.3, 0.4) is 0 Å². The SMILES string of the molecule is NS(=O)(=O)c1ccc(S(=O)(=O)NCc2ccc(-c3ccoc3)nc2)cc1. The molecule has 0 radical (unpaired) electrons. The Morgan fingerprint density at radius 2 is 1.65 bits per heavy atom. The second-order valence-electron chi connectivity index (χ2n) is 5.40. The van der Waals surface area contributed by atoms with Gasteiger partial charge in [-0.05, 0) is 42.0 Å². The summed E-state index contributed by atoms with van der Waals surface area (Å²) in [5.74, 6) is 0. The number of primary sulfonamides is 1. The fraction of sp³-hybridized carbons (Fsp3) is 0.0625. The van der Waals surface area contributed by atoms with Crippen LogP contribution in [0.15, 0.2) is 75.4 Å². The number of aromatic nitrogens is 1. The van der Waals surface area contributed by atoms with Crippen LogP contribution in [0.2, 0.25) is 0 Å². The molecule has 0 saturated heterocycles. The van der Waals surface area contributed by atoms with Gasteiger partial charge < -0.3 is 4.42 Å². The van der Waals surface area contributed by atoms with Crippen molar-refractivity contribution in [3.8, 4) is 11.3 Å². The van der Waals surface area contributed by atoms with E-state index in [0.717, 1.165) is 17.7 Å². The fourth-order valence-corrected chi connectivity index (χ4v) is 3.71. The number of rotatable bonds is 6. The van der Waals surface area contributed by atoms with Gasteiger partial charge in [0.2, 0.25) is 20.0 Å². The van der Waals surface area contributed by atoms with Gasteiger partial charge in [0.25, 0.3) is 0 Å². The topological polar surface area (TPSA) is 132 Å². The van der Waals surface area contributed by atoms with Crippen molar-refractivity contribution in [3.63, 3.8) is 0 Å². The highest BCUT2D eigenvalue weighted by Crippen LogP contribution is 2.18. The van der Waals surface area contributed by atoms with Gasteiger partial charge in [-0.2, -0.15) is 0 Å². The van der Waals surface area contributed by atoms with Crippen LogP contribution in [0.5, 0.6) is 0 Å². The highest BCUT2D eigenvalue weighted by molar-refractivity contribution is 7.89. The summed E-state index contributed by atoms with van der Waals surface area (Å²) in [5.41, 5.74) is 2.21. The summed E-state index contributed by atoms with van der Waals surface area (Å²) in [6.45, 7) is 0.0396. The monoisotopic (exact) mass is 393 g/mol. The van der Waals surface area contributed by atoms with Crippen LogP contribution in [0.25, 0.3) is 11.3 Å². The van der Waals surface area contributed by atoms with E-state index in [2.05, 4.69) is 9.71 Å². The van der Waals surface area contributed by atoms with Gasteiger partial charge in [-0.1, -0.05) is 6.07 Å². The van der Waals surface area contributed by atoms with Crippen LogP contribution in [-0.2, 0) is 26.6 Å². The predicted molar refractivity (Wildman–Crippen MR) is 93.8 cm³/mol. The quantitative estimate of drug-likeness (QED) is 0.652. The van der Waals surface area contributed by atoms with Gasteiger partial charge in [0.05, 0.1) is 28.0 Å². The van der Waals surface area contributed by atoms with Crippen molar-refractivity contribution in [1.82, 2.24) is 9.71 Å². The average molecular weight is 393 g/mol. The second-order valence-corrected chi connectivity index (χ2v) is 8.73. The van der Waals surface area contributed by atoms with E-state index in [1.165, 1.54) is 12.1 Å². The number of nitrogens with zero attached hydrogens (tertiary/aromatic N) is 1. The molecular formula is C16H15N3O5S2. The Hall–Kier alpha value is -2.53. The van der Waals surface area contributed by atoms with E-state index in [1.807, 2.05) is 0 Å². The van der Waals surface area contributed by atoms with E-state index in [0.29, 0.717) is 11.3 Å². The lowest BCUT2D eigenvalue weighted by molar-refractivity contribution is 0.568. The van der Waals surface area contributed by atoms with Gasteiger partial charge in [0.1, 0.15) is 0 Å². The molecule has 0 aliphatic heterocycles. The van der Waals surface area contributed by atoms with E-state index in [1.54, 1.807) is 36.9 Å². The zero-order valence-corrected chi connectivity index (χ0v) is 15.0. The lowest BCUT2D eigenvalue weighted by Gasteiger charge is -2.08. The Morgan fingerprint density at radius 3 is 2.19 bits per heavy atom. The van der Waals surface area contributed by atoms with Crippen LogP contribution in [-0.4, -0.2) is 21.8 Å². The van der Waals surface area contributed by atoms with E-state index in [9.17, 15) is 16.8 Å². The number of sulfonamides is 2. The molecule has 2 aromatic heterocycles. The molecule has 8 nitrogen and oxygen atoms in total. The third-order valence-corrected chi connectivity index (χ3v) is 5.92. The third kappa shape index (κ3) is 4.17. The van der Waals surface area contributed by atoms with Crippen LogP contribution in [0.1, 0.15) is 5.56 Å². The summed E-state index contributed by atoms with van der Waals surface area (Å²) in [4.78, 5) is 4.04. The first-order chi connectivity index (χ1) is 12.3. The Bertz CT molecular complexity index is 1090. The molecular weight excluding hydrogens is 378 g/mol. The first kappa shape index (κ1) is 18.3. The zero-order chi connectivity index (χ0) is 18.8. The normalized spacial score (nSPS) is 12.2. The summed E-state index contributed by atoms with van der Waals surface area (Å²) in [5, 5.41) is 4.99. The zero-order valence-electron chi connectivity index (χ0n) is 13.4. The van der Waals surface area contributed by atoms with Crippen LogP contribution >= 0.6 is 0 Å². The summed E-state index contributed by atoms with van der Waals surface area (Å²) in [6.07, 6.45) is 4.67. The fourth-order valence-electron chi connectivity index (χ4n) is 2.18. The lowest BCUT2D eigenvalue weighted by Crippen LogP contribution is -2.23. The number of nitrogens with one attached hydrogen (secondary N) is 1. The number of hydrogen-bond donors (Lipinski definition) is 2. The number of pyridine rings is 1. The minimum atomic E-state index is -3.87. The van der Waals surface area contributed by atoms with Gasteiger partial charge in [0, 0.05) is 18.3 Å². The molecule has 0 amide bonds. The molecule has 3 N–H and O–H groups in total. The van der Waals surface area contributed by atoms with Crippen molar-refractivity contribution >= 4 is 20.0 Å². The van der Waals surface area contributed by atoms with Crippen molar-refractivity contribution in [2.45, 2.75) is 16.3 Å². The highest BCUT2D eigenvalue weighted by atomic mass is 32.2. The number of furan rings is 1. The predicted octanol–water partition coefficient (Wildman–Crippen LogP) is 1.47. The molecule has 3 rings (SSSR count). The molecule has 0 fully saturated rings. The molecule has 136 valence electrons. The maximum atomic E-state index is 12.3. The molecule has 0 aliphatic carbocycles. The maximum absolute atomic E-state index is 12.3. The van der Waals surface area contributed by atoms with Crippen LogP contribution in [0.4, 0.5) is 0 Å². The van der Waals surface area contributed by atoms with Crippen molar-refractivity contribution in [2.24, 2.45) is 5.14 Å². The van der Waals surface area contributed by atoms with Crippen LogP contribution < -0.4 is 9.86 Å². The molecule has 10 heteroatoms. The van der Waals surface area contributed by atoms with Crippen molar-refractivity contribution in [2.75, 3.05) is 0 Å². The maximum Gasteiger partial charge on any atom is 0.240 e. The van der Waals surface area contributed by atoms with E-state index < -0.39 is 20.0 Å². The Kier molecular flexibility index (Phi) is 4.92. The molecule has 26 heavy (non-hydrogen) atoms. The molecule has 0 atom stereocenters. The van der Waals surface area contributed by atoms with Gasteiger partial charge in [-0.3, -0.25) is 4.98 Å². The standard InChI is InChI=1S/C16H15N3O5S2/c17-25(20,21)14-2-4-15(5-3-14)26(22,23)19-10-12-1-6-16(18-9-12)13-7-8-24-11-13/h1-9,11,19H,10H2,(H2,17,20,21). The molecule has 0 spiro atoms. The molecule has 0 aliphatic rings. The van der Waals surface area contributed by atoms with Gasteiger partial charge in [0.15, 0.2) is 0 Å². The van der Waals surface area contributed by atoms with Crippen molar-refractivity contribution < 1.29 is 21.3 Å². The molecule has 1 aromatic carbocycles. The largest absolute Gasteiger partial charge is 0.472 e. The van der Waals surface area contributed by atoms with E-state index in [4.69, 9.17) is 9.56 Å². The first-order valence-corrected chi connectivity index (χ1v) is 10.4. The number of benzene rings is 1. The van der Waals surface area contributed by atoms with Gasteiger partial charge in [-0.15, -0.1) is 0 Å². The Balaban J connectivity index is 1.70. The Labute approximate surface area is 150 Å². The molecule has 0 bridgehead atoms. The number of hydrogen-bond acceptors (Lipinski definition) is 6. The third-order valence-electron chi connectivity index (χ3n) is 3.57. The highest BCUT2D eigenvalue weighted by Gasteiger charge is 2.15. The van der Waals surface area contributed by atoms with Gasteiger partial charge >= 0.3 is 0 Å². The summed E-state index contributed by atoms with van der Waals surface area (Å²) in [6, 6.07) is 9.94. The van der Waals surface area contributed by atoms with Crippen molar-refractivity contribution in [3.05, 3.63) is 66.8 Å². The lowest BCUT2D eigenvalue weighted by atomic mass is 10.2. The first-order valence-electron chi connectivity index (χ1n) is 7.36.